The molecule has 1 aliphatic carbocycles. The Balaban J connectivity index is 1.69. The third kappa shape index (κ3) is 4.76. The molecular weight excluding hydrogens is 256 g/mol. The fraction of sp³-hybridized carbons (Fsp3) is 0.857. The van der Waals surface area contributed by atoms with Crippen LogP contribution in [0.5, 0.6) is 0 Å². The van der Waals surface area contributed by atoms with Crippen molar-refractivity contribution in [2.75, 3.05) is 32.1 Å². The predicted molar refractivity (Wildman–Crippen MR) is 77.5 cm³/mol. The van der Waals surface area contributed by atoms with Gasteiger partial charge in [-0.15, -0.1) is 5.10 Å². The fourth-order valence-corrected chi connectivity index (χ4v) is 2.68. The molecule has 1 aromatic heterocycles. The van der Waals surface area contributed by atoms with E-state index in [-0.39, 0.29) is 0 Å². The molecular formula is C14H26N4O2. The predicted octanol–water partition coefficient (Wildman–Crippen LogP) is 2.04. The highest BCUT2D eigenvalue weighted by Crippen LogP contribution is 2.29. The zero-order chi connectivity index (χ0) is 14.2. The lowest BCUT2D eigenvalue weighted by molar-refractivity contribution is 0.198. The van der Waals surface area contributed by atoms with Crippen LogP contribution >= 0.6 is 0 Å². The number of nitrogens with one attached hydrogen (secondary N) is 2. The first-order chi connectivity index (χ1) is 9.79. The van der Waals surface area contributed by atoms with Gasteiger partial charge < -0.3 is 19.8 Å². The Morgan fingerprint density at radius 2 is 2.15 bits per heavy atom. The minimum atomic E-state index is 0.534. The lowest BCUT2D eigenvalue weighted by atomic mass is 9.80. The van der Waals surface area contributed by atoms with Crippen LogP contribution in [0.2, 0.25) is 0 Å². The van der Waals surface area contributed by atoms with Gasteiger partial charge in [0.2, 0.25) is 5.89 Å². The molecule has 20 heavy (non-hydrogen) atoms. The lowest BCUT2D eigenvalue weighted by Crippen LogP contribution is -2.24. The van der Waals surface area contributed by atoms with Crippen molar-refractivity contribution >= 4 is 6.01 Å². The Bertz CT molecular complexity index is 383. The summed E-state index contributed by atoms with van der Waals surface area (Å²) in [6.07, 6.45) is 5.35. The number of hydrogen-bond donors (Lipinski definition) is 2. The van der Waals surface area contributed by atoms with E-state index >= 15 is 0 Å². The summed E-state index contributed by atoms with van der Waals surface area (Å²) in [5.74, 6) is 2.12. The van der Waals surface area contributed by atoms with Gasteiger partial charge in [-0.1, -0.05) is 31.3 Å². The smallest absolute Gasteiger partial charge is 0.315 e. The van der Waals surface area contributed by atoms with Crippen LogP contribution in [-0.4, -0.2) is 37.0 Å². The Kier molecular flexibility index (Phi) is 6.26. The molecule has 0 spiro atoms. The monoisotopic (exact) mass is 282 g/mol. The Labute approximate surface area is 120 Å². The molecule has 0 aliphatic heterocycles. The topological polar surface area (TPSA) is 72.2 Å². The van der Waals surface area contributed by atoms with Crippen molar-refractivity contribution < 1.29 is 9.15 Å². The van der Waals surface area contributed by atoms with Gasteiger partial charge in [0.05, 0.1) is 13.2 Å². The summed E-state index contributed by atoms with van der Waals surface area (Å²) in [5.41, 5.74) is 0. The van der Waals surface area contributed by atoms with Crippen LogP contribution in [0.15, 0.2) is 4.42 Å². The molecule has 1 aliphatic rings. The maximum absolute atomic E-state index is 5.55. The standard InChI is InChI=1S/C14H26N4O2/c1-11-5-3-4-6-12(11)9-16-14-18-17-13(20-14)10-15-7-8-19-2/h11-12,15H,3-10H2,1-2H3,(H,16,18). The van der Waals surface area contributed by atoms with E-state index in [2.05, 4.69) is 27.8 Å². The second-order valence-corrected chi connectivity index (χ2v) is 5.57. The normalized spacial score (nSPS) is 22.9. The first-order valence-corrected chi connectivity index (χ1v) is 7.55. The SMILES string of the molecule is COCCNCc1nnc(NCC2CCCCC2C)o1. The molecule has 0 amide bonds. The molecule has 114 valence electrons. The maximum atomic E-state index is 5.55. The zero-order valence-electron chi connectivity index (χ0n) is 12.5. The number of methoxy groups -OCH3 is 1. The van der Waals surface area contributed by atoms with Gasteiger partial charge in [-0.3, -0.25) is 0 Å². The van der Waals surface area contributed by atoms with Crippen molar-refractivity contribution in [3.8, 4) is 0 Å². The second-order valence-electron chi connectivity index (χ2n) is 5.57. The van der Waals surface area contributed by atoms with E-state index in [4.69, 9.17) is 9.15 Å². The van der Waals surface area contributed by atoms with Gasteiger partial charge in [-0.25, -0.2) is 0 Å². The van der Waals surface area contributed by atoms with Crippen molar-refractivity contribution in [3.63, 3.8) is 0 Å². The summed E-state index contributed by atoms with van der Waals surface area (Å²) >= 11 is 0. The van der Waals surface area contributed by atoms with Gasteiger partial charge >= 0.3 is 6.01 Å². The highest BCUT2D eigenvalue weighted by atomic mass is 16.5. The average Bonchev–Trinajstić information content (AvgIpc) is 2.91. The van der Waals surface area contributed by atoms with Crippen molar-refractivity contribution in [2.24, 2.45) is 11.8 Å². The van der Waals surface area contributed by atoms with Crippen molar-refractivity contribution in [1.29, 1.82) is 0 Å². The summed E-state index contributed by atoms with van der Waals surface area (Å²) in [4.78, 5) is 0. The van der Waals surface area contributed by atoms with E-state index in [9.17, 15) is 0 Å². The van der Waals surface area contributed by atoms with E-state index in [0.29, 0.717) is 25.1 Å². The number of anilines is 1. The first kappa shape index (κ1) is 15.3. The van der Waals surface area contributed by atoms with E-state index in [0.717, 1.165) is 24.9 Å². The maximum Gasteiger partial charge on any atom is 0.315 e. The van der Waals surface area contributed by atoms with Gasteiger partial charge in [0.25, 0.3) is 0 Å². The quantitative estimate of drug-likeness (QED) is 0.711. The minimum Gasteiger partial charge on any atom is -0.407 e. The first-order valence-electron chi connectivity index (χ1n) is 7.55. The molecule has 0 saturated heterocycles. The van der Waals surface area contributed by atoms with Crippen LogP contribution in [0.1, 0.15) is 38.5 Å². The van der Waals surface area contributed by atoms with Crippen LogP contribution in [0.4, 0.5) is 6.01 Å². The summed E-state index contributed by atoms with van der Waals surface area (Å²) < 4.78 is 10.5. The van der Waals surface area contributed by atoms with Gasteiger partial charge in [-0.05, 0) is 18.3 Å². The molecule has 1 heterocycles. The van der Waals surface area contributed by atoms with Gasteiger partial charge in [0, 0.05) is 20.2 Å². The number of nitrogens with zero attached hydrogens (tertiary/aromatic N) is 2. The van der Waals surface area contributed by atoms with E-state index < -0.39 is 0 Å². The molecule has 0 bridgehead atoms. The van der Waals surface area contributed by atoms with Crippen molar-refractivity contribution in [1.82, 2.24) is 15.5 Å². The molecule has 2 N–H and O–H groups in total. The van der Waals surface area contributed by atoms with E-state index in [1.807, 2.05) is 0 Å². The van der Waals surface area contributed by atoms with Crippen LogP contribution in [-0.2, 0) is 11.3 Å². The molecule has 1 aromatic rings. The highest BCUT2D eigenvalue weighted by Gasteiger charge is 2.21. The average molecular weight is 282 g/mol. The highest BCUT2D eigenvalue weighted by molar-refractivity contribution is 5.17. The van der Waals surface area contributed by atoms with Crippen LogP contribution in [0.3, 0.4) is 0 Å². The minimum absolute atomic E-state index is 0.534. The second kappa shape index (κ2) is 8.21. The Morgan fingerprint density at radius 1 is 1.30 bits per heavy atom. The number of ether oxygens (including phenoxy) is 1. The number of rotatable bonds is 8. The largest absolute Gasteiger partial charge is 0.407 e. The molecule has 1 fully saturated rings. The van der Waals surface area contributed by atoms with Gasteiger partial charge in [0.15, 0.2) is 0 Å². The van der Waals surface area contributed by atoms with Gasteiger partial charge in [-0.2, -0.15) is 0 Å². The molecule has 6 nitrogen and oxygen atoms in total. The summed E-state index contributed by atoms with van der Waals surface area (Å²) in [6.45, 7) is 5.31. The fourth-order valence-electron chi connectivity index (χ4n) is 2.68. The van der Waals surface area contributed by atoms with Gasteiger partial charge in [0.1, 0.15) is 0 Å². The molecule has 2 rings (SSSR count). The molecule has 6 heteroatoms. The van der Waals surface area contributed by atoms with Crippen LogP contribution in [0.25, 0.3) is 0 Å². The molecule has 0 radical (unpaired) electrons. The molecule has 1 saturated carbocycles. The third-order valence-corrected chi connectivity index (χ3v) is 4.03. The number of aromatic nitrogens is 2. The molecule has 2 atom stereocenters. The summed E-state index contributed by atoms with van der Waals surface area (Å²) in [7, 11) is 1.68. The van der Waals surface area contributed by atoms with E-state index in [1.54, 1.807) is 7.11 Å². The van der Waals surface area contributed by atoms with Crippen LogP contribution < -0.4 is 10.6 Å². The number of hydrogen-bond acceptors (Lipinski definition) is 6. The van der Waals surface area contributed by atoms with Crippen LogP contribution in [0, 0.1) is 11.8 Å². The van der Waals surface area contributed by atoms with Crippen molar-refractivity contribution in [3.05, 3.63) is 5.89 Å². The lowest BCUT2D eigenvalue weighted by Gasteiger charge is -2.28. The molecule has 0 aromatic carbocycles. The Hall–Kier alpha value is -1.14. The molecule has 2 unspecified atom stereocenters. The Morgan fingerprint density at radius 3 is 2.95 bits per heavy atom. The summed E-state index contributed by atoms with van der Waals surface area (Å²) in [6, 6.07) is 0.534. The zero-order valence-corrected chi connectivity index (χ0v) is 12.5. The van der Waals surface area contributed by atoms with E-state index in [1.165, 1.54) is 25.7 Å². The van der Waals surface area contributed by atoms with Crippen molar-refractivity contribution in [2.45, 2.75) is 39.2 Å². The third-order valence-electron chi connectivity index (χ3n) is 4.03. The summed E-state index contributed by atoms with van der Waals surface area (Å²) in [5, 5.41) is 14.5.